The maximum atomic E-state index is 12.2. The van der Waals surface area contributed by atoms with Gasteiger partial charge in [-0.15, -0.1) is 0 Å². The quantitative estimate of drug-likeness (QED) is 0.863. The highest BCUT2D eigenvalue weighted by Gasteiger charge is 2.34. The zero-order valence-corrected chi connectivity index (χ0v) is 10.6. The molecule has 0 unspecified atom stereocenters. The monoisotopic (exact) mass is 232 g/mol. The Labute approximate surface area is 103 Å². The van der Waals surface area contributed by atoms with E-state index < -0.39 is 0 Å². The molecule has 1 aliphatic carbocycles. The van der Waals surface area contributed by atoms with Gasteiger partial charge in [-0.25, -0.2) is 0 Å². The molecule has 92 valence electrons. The first-order valence-electron chi connectivity index (χ1n) is 6.22. The van der Waals surface area contributed by atoms with Crippen molar-refractivity contribution in [2.24, 2.45) is 11.7 Å². The minimum absolute atomic E-state index is 0.238. The van der Waals surface area contributed by atoms with Crippen LogP contribution >= 0.6 is 0 Å². The average Bonchev–Trinajstić information content (AvgIpc) is 3.10. The van der Waals surface area contributed by atoms with E-state index in [2.05, 4.69) is 13.0 Å². The number of hydrogen-bond acceptors (Lipinski definition) is 2. The first-order valence-corrected chi connectivity index (χ1v) is 6.22. The van der Waals surface area contributed by atoms with E-state index in [1.807, 2.05) is 24.0 Å². The first kappa shape index (κ1) is 12.1. The van der Waals surface area contributed by atoms with Crippen molar-refractivity contribution < 1.29 is 4.79 Å². The van der Waals surface area contributed by atoms with Gasteiger partial charge >= 0.3 is 0 Å². The number of nitrogens with two attached hydrogens (primary N) is 1. The highest BCUT2D eigenvalue weighted by molar-refractivity contribution is 5.97. The molecule has 0 aromatic heterocycles. The minimum Gasteiger partial charge on any atom is -0.329 e. The zero-order valence-electron chi connectivity index (χ0n) is 10.6. The van der Waals surface area contributed by atoms with Crippen molar-refractivity contribution >= 4 is 11.6 Å². The predicted octanol–water partition coefficient (Wildman–Crippen LogP) is 2.01. The fourth-order valence-electron chi connectivity index (χ4n) is 2.14. The summed E-state index contributed by atoms with van der Waals surface area (Å²) in [4.78, 5) is 14.1. The summed E-state index contributed by atoms with van der Waals surface area (Å²) >= 11 is 0. The summed E-state index contributed by atoms with van der Waals surface area (Å²) in [5.41, 5.74) is 8.99. The molecule has 1 aromatic carbocycles. The van der Waals surface area contributed by atoms with E-state index in [1.165, 1.54) is 5.56 Å². The van der Waals surface area contributed by atoms with Crippen LogP contribution in [0.3, 0.4) is 0 Å². The molecule has 0 heterocycles. The topological polar surface area (TPSA) is 46.3 Å². The van der Waals surface area contributed by atoms with Crippen LogP contribution in [0.5, 0.6) is 0 Å². The second-order valence-corrected chi connectivity index (χ2v) is 4.84. The molecule has 2 rings (SSSR count). The normalized spacial score (nSPS) is 14.8. The molecule has 3 nitrogen and oxygen atoms in total. The van der Waals surface area contributed by atoms with E-state index in [0.29, 0.717) is 13.1 Å². The summed E-state index contributed by atoms with van der Waals surface area (Å²) in [6.45, 7) is 5.23. The number of carbonyl (C=O) groups excluding carboxylic acids is 1. The van der Waals surface area contributed by atoms with Crippen LogP contribution in [0.25, 0.3) is 0 Å². The standard InChI is InChI=1S/C14H20N2O/c1-10-3-6-13(11(2)9-10)16(8-7-15)14(17)12-4-5-12/h3,6,9,12H,4-5,7-8,15H2,1-2H3. The maximum Gasteiger partial charge on any atom is 0.230 e. The highest BCUT2D eigenvalue weighted by atomic mass is 16.2. The predicted molar refractivity (Wildman–Crippen MR) is 70.0 cm³/mol. The largest absolute Gasteiger partial charge is 0.329 e. The lowest BCUT2D eigenvalue weighted by molar-refractivity contribution is -0.119. The molecule has 0 saturated heterocycles. The molecule has 17 heavy (non-hydrogen) atoms. The van der Waals surface area contributed by atoms with Gasteiger partial charge in [0.1, 0.15) is 0 Å². The Kier molecular flexibility index (Phi) is 3.48. The maximum absolute atomic E-state index is 12.2. The van der Waals surface area contributed by atoms with Gasteiger partial charge in [0.05, 0.1) is 0 Å². The number of hydrogen-bond donors (Lipinski definition) is 1. The van der Waals surface area contributed by atoms with E-state index in [0.717, 1.165) is 24.1 Å². The lowest BCUT2D eigenvalue weighted by atomic mass is 10.1. The van der Waals surface area contributed by atoms with Gasteiger partial charge < -0.3 is 10.6 Å². The molecule has 1 amide bonds. The van der Waals surface area contributed by atoms with Crippen molar-refractivity contribution in [3.05, 3.63) is 29.3 Å². The summed E-state index contributed by atoms with van der Waals surface area (Å²) < 4.78 is 0. The van der Waals surface area contributed by atoms with Crippen LogP contribution < -0.4 is 10.6 Å². The average molecular weight is 232 g/mol. The van der Waals surface area contributed by atoms with Crippen LogP contribution in [0.1, 0.15) is 24.0 Å². The molecule has 2 N–H and O–H groups in total. The van der Waals surface area contributed by atoms with Crippen LogP contribution in [0.4, 0.5) is 5.69 Å². The smallest absolute Gasteiger partial charge is 0.230 e. The first-order chi connectivity index (χ1) is 8.13. The number of benzene rings is 1. The van der Waals surface area contributed by atoms with Crippen molar-refractivity contribution in [3.63, 3.8) is 0 Å². The number of nitrogens with zero attached hydrogens (tertiary/aromatic N) is 1. The summed E-state index contributed by atoms with van der Waals surface area (Å²) in [5.74, 6) is 0.477. The summed E-state index contributed by atoms with van der Waals surface area (Å²) in [7, 11) is 0. The van der Waals surface area contributed by atoms with E-state index in [4.69, 9.17) is 5.73 Å². The molecule has 1 aliphatic rings. The third-order valence-corrected chi connectivity index (χ3v) is 3.19. The molecule has 3 heteroatoms. The fraction of sp³-hybridized carbons (Fsp3) is 0.500. The van der Waals surface area contributed by atoms with Crippen LogP contribution in [-0.4, -0.2) is 19.0 Å². The number of aryl methyl sites for hydroxylation is 2. The summed E-state index contributed by atoms with van der Waals surface area (Å²) in [5, 5.41) is 0. The van der Waals surface area contributed by atoms with Gasteiger partial charge in [-0.1, -0.05) is 17.7 Å². The molecule has 0 aliphatic heterocycles. The number of amides is 1. The van der Waals surface area contributed by atoms with Crippen molar-refractivity contribution in [1.29, 1.82) is 0 Å². The molecule has 1 saturated carbocycles. The van der Waals surface area contributed by atoms with Gasteiger partial charge in [0.2, 0.25) is 5.91 Å². The van der Waals surface area contributed by atoms with Gasteiger partial charge in [0.25, 0.3) is 0 Å². The molecule has 0 atom stereocenters. The Bertz CT molecular complexity index is 424. The second-order valence-electron chi connectivity index (χ2n) is 4.84. The van der Waals surface area contributed by atoms with Gasteiger partial charge in [0.15, 0.2) is 0 Å². The van der Waals surface area contributed by atoms with Crippen molar-refractivity contribution in [2.75, 3.05) is 18.0 Å². The van der Waals surface area contributed by atoms with E-state index in [1.54, 1.807) is 0 Å². The van der Waals surface area contributed by atoms with Crippen LogP contribution in [0, 0.1) is 19.8 Å². The van der Waals surface area contributed by atoms with Crippen molar-refractivity contribution in [2.45, 2.75) is 26.7 Å². The van der Waals surface area contributed by atoms with Crippen molar-refractivity contribution in [3.8, 4) is 0 Å². The van der Waals surface area contributed by atoms with Crippen LogP contribution in [-0.2, 0) is 4.79 Å². The molecule has 1 fully saturated rings. The highest BCUT2D eigenvalue weighted by Crippen LogP contribution is 2.33. The van der Waals surface area contributed by atoms with E-state index in [-0.39, 0.29) is 11.8 Å². The minimum atomic E-state index is 0.238. The Hall–Kier alpha value is -1.35. The molecular weight excluding hydrogens is 212 g/mol. The third kappa shape index (κ3) is 2.67. The Balaban J connectivity index is 2.27. The SMILES string of the molecule is Cc1ccc(N(CCN)C(=O)C2CC2)c(C)c1. The van der Waals surface area contributed by atoms with E-state index in [9.17, 15) is 4.79 Å². The lowest BCUT2D eigenvalue weighted by Gasteiger charge is -2.24. The molecule has 0 bridgehead atoms. The van der Waals surface area contributed by atoms with Gasteiger partial charge in [-0.05, 0) is 38.3 Å². The van der Waals surface area contributed by atoms with Crippen LogP contribution in [0.2, 0.25) is 0 Å². The molecule has 0 radical (unpaired) electrons. The zero-order chi connectivity index (χ0) is 12.4. The summed E-state index contributed by atoms with van der Waals surface area (Å²) in [6.07, 6.45) is 2.07. The Morgan fingerprint density at radius 3 is 2.65 bits per heavy atom. The lowest BCUT2D eigenvalue weighted by Crippen LogP contribution is -2.36. The van der Waals surface area contributed by atoms with E-state index >= 15 is 0 Å². The van der Waals surface area contributed by atoms with Gasteiger partial charge in [-0.3, -0.25) is 4.79 Å². The molecular formula is C14H20N2O. The van der Waals surface area contributed by atoms with Crippen LogP contribution in [0.15, 0.2) is 18.2 Å². The Morgan fingerprint density at radius 2 is 2.12 bits per heavy atom. The van der Waals surface area contributed by atoms with Gasteiger partial charge in [0, 0.05) is 24.7 Å². The number of carbonyl (C=O) groups is 1. The Morgan fingerprint density at radius 1 is 1.41 bits per heavy atom. The third-order valence-electron chi connectivity index (χ3n) is 3.19. The molecule has 1 aromatic rings. The number of anilines is 1. The summed E-state index contributed by atoms with van der Waals surface area (Å²) in [6, 6.07) is 6.19. The van der Waals surface area contributed by atoms with Crippen molar-refractivity contribution in [1.82, 2.24) is 0 Å². The van der Waals surface area contributed by atoms with Gasteiger partial charge in [-0.2, -0.15) is 0 Å². The number of rotatable bonds is 4. The second kappa shape index (κ2) is 4.88. The fourth-order valence-corrected chi connectivity index (χ4v) is 2.14. The molecule has 0 spiro atoms.